The maximum Gasteiger partial charge on any atom is 0.271 e. The summed E-state index contributed by atoms with van der Waals surface area (Å²) in [5.41, 5.74) is 0.699. The number of nitrogens with one attached hydrogen (secondary N) is 3. The van der Waals surface area contributed by atoms with Crippen LogP contribution in [0.5, 0.6) is 0 Å². The lowest BCUT2D eigenvalue weighted by molar-refractivity contribution is 0.0956. The lowest BCUT2D eigenvalue weighted by atomic mass is 10.1. The van der Waals surface area contributed by atoms with Gasteiger partial charge in [0.25, 0.3) is 11.8 Å². The van der Waals surface area contributed by atoms with Crippen molar-refractivity contribution in [1.82, 2.24) is 20.5 Å². The highest BCUT2D eigenvalue weighted by atomic mass is 16.2. The van der Waals surface area contributed by atoms with Crippen molar-refractivity contribution < 1.29 is 9.59 Å². The number of amides is 2. The molecule has 2 aromatic heterocycles. The molecule has 0 fully saturated rings. The first-order valence-corrected chi connectivity index (χ1v) is 7.02. The van der Waals surface area contributed by atoms with Gasteiger partial charge in [0.2, 0.25) is 5.56 Å². The predicted octanol–water partition coefficient (Wildman–Crippen LogP) is 0.900. The number of aromatic amines is 1. The molecule has 8 heteroatoms. The van der Waals surface area contributed by atoms with Crippen molar-refractivity contribution in [2.75, 3.05) is 12.4 Å². The molecule has 0 spiro atoms. The monoisotopic (exact) mass is 315 g/mol. The third kappa shape index (κ3) is 4.00. The normalized spacial score (nSPS) is 10.4. The molecule has 0 aliphatic carbocycles. The average molecular weight is 315 g/mol. The molecule has 0 bridgehead atoms. The zero-order valence-electron chi connectivity index (χ0n) is 13.0. The van der Waals surface area contributed by atoms with Crippen LogP contribution in [-0.2, 0) is 0 Å². The Morgan fingerprint density at radius 3 is 2.43 bits per heavy atom. The summed E-state index contributed by atoms with van der Waals surface area (Å²) in [6.45, 7) is 3.83. The molecule has 0 atom stereocenters. The van der Waals surface area contributed by atoms with Gasteiger partial charge in [-0.3, -0.25) is 14.4 Å². The van der Waals surface area contributed by atoms with E-state index in [9.17, 15) is 14.4 Å². The lowest BCUT2D eigenvalue weighted by Crippen LogP contribution is -2.21. The Morgan fingerprint density at radius 1 is 1.13 bits per heavy atom. The van der Waals surface area contributed by atoms with Gasteiger partial charge in [0, 0.05) is 24.4 Å². The van der Waals surface area contributed by atoms with Crippen molar-refractivity contribution in [1.29, 1.82) is 0 Å². The van der Waals surface area contributed by atoms with Crippen LogP contribution in [0.3, 0.4) is 0 Å². The summed E-state index contributed by atoms with van der Waals surface area (Å²) in [5, 5.41) is 12.4. The van der Waals surface area contributed by atoms with Crippen LogP contribution in [0.1, 0.15) is 46.3 Å². The molecule has 2 amide bonds. The van der Waals surface area contributed by atoms with E-state index in [2.05, 4.69) is 25.8 Å². The minimum atomic E-state index is -0.472. The fourth-order valence-electron chi connectivity index (χ4n) is 1.84. The van der Waals surface area contributed by atoms with Gasteiger partial charge in [0.1, 0.15) is 0 Å². The van der Waals surface area contributed by atoms with Gasteiger partial charge in [0.05, 0.1) is 0 Å². The SMILES string of the molecule is CNC(=O)c1ccc(NC(=O)c2cc(C(C)C)[nH]c(=O)c2)nn1. The summed E-state index contributed by atoms with van der Waals surface area (Å²) in [4.78, 5) is 37.9. The Bertz CT molecular complexity index is 780. The summed E-state index contributed by atoms with van der Waals surface area (Å²) in [7, 11) is 1.49. The van der Waals surface area contributed by atoms with E-state index in [-0.39, 0.29) is 34.5 Å². The number of hydrogen-bond acceptors (Lipinski definition) is 5. The van der Waals surface area contributed by atoms with Gasteiger partial charge >= 0.3 is 0 Å². The molecule has 0 unspecified atom stereocenters. The molecule has 0 radical (unpaired) electrons. The van der Waals surface area contributed by atoms with Gasteiger partial charge in [0.15, 0.2) is 11.5 Å². The molecule has 8 nitrogen and oxygen atoms in total. The van der Waals surface area contributed by atoms with E-state index in [1.807, 2.05) is 13.8 Å². The van der Waals surface area contributed by atoms with E-state index in [4.69, 9.17) is 0 Å². The van der Waals surface area contributed by atoms with Crippen LogP contribution in [0.2, 0.25) is 0 Å². The van der Waals surface area contributed by atoms with Crippen molar-refractivity contribution in [2.45, 2.75) is 19.8 Å². The molecule has 2 aromatic rings. The average Bonchev–Trinajstić information content (AvgIpc) is 2.54. The first kappa shape index (κ1) is 16.3. The zero-order valence-corrected chi connectivity index (χ0v) is 13.0. The molecular weight excluding hydrogens is 298 g/mol. The maximum absolute atomic E-state index is 12.2. The number of anilines is 1. The number of rotatable bonds is 4. The number of aromatic nitrogens is 3. The summed E-state index contributed by atoms with van der Waals surface area (Å²) in [6, 6.07) is 5.74. The number of carbonyl (C=O) groups excluding carboxylic acids is 2. The molecule has 2 rings (SSSR count). The van der Waals surface area contributed by atoms with E-state index in [0.717, 1.165) is 0 Å². The molecular formula is C15H17N5O3. The topological polar surface area (TPSA) is 117 Å². The fourth-order valence-corrected chi connectivity index (χ4v) is 1.84. The second-order valence-electron chi connectivity index (χ2n) is 5.18. The van der Waals surface area contributed by atoms with Gasteiger partial charge < -0.3 is 15.6 Å². The Labute approximate surface area is 132 Å². The fraction of sp³-hybridized carbons (Fsp3) is 0.267. The summed E-state index contributed by atoms with van der Waals surface area (Å²) >= 11 is 0. The molecule has 0 saturated carbocycles. The quantitative estimate of drug-likeness (QED) is 0.775. The van der Waals surface area contributed by atoms with E-state index < -0.39 is 5.91 Å². The minimum absolute atomic E-state index is 0.0853. The molecule has 0 saturated heterocycles. The third-order valence-electron chi connectivity index (χ3n) is 3.12. The number of pyridine rings is 1. The van der Waals surface area contributed by atoms with Crippen molar-refractivity contribution in [3.63, 3.8) is 0 Å². The van der Waals surface area contributed by atoms with Crippen LogP contribution in [0.4, 0.5) is 5.82 Å². The Morgan fingerprint density at radius 2 is 1.87 bits per heavy atom. The van der Waals surface area contributed by atoms with E-state index in [0.29, 0.717) is 5.69 Å². The van der Waals surface area contributed by atoms with Crippen LogP contribution >= 0.6 is 0 Å². The number of hydrogen-bond donors (Lipinski definition) is 3. The third-order valence-corrected chi connectivity index (χ3v) is 3.12. The molecule has 0 aromatic carbocycles. The van der Waals surface area contributed by atoms with Crippen LogP contribution < -0.4 is 16.2 Å². The Hall–Kier alpha value is -3.03. The van der Waals surface area contributed by atoms with E-state index in [1.165, 1.54) is 25.2 Å². The van der Waals surface area contributed by atoms with Crippen molar-refractivity contribution >= 4 is 17.6 Å². The maximum atomic E-state index is 12.2. The van der Waals surface area contributed by atoms with Crippen molar-refractivity contribution in [3.8, 4) is 0 Å². The standard InChI is InChI=1S/C15H17N5O3/c1-8(2)11-6-9(7-13(21)17-11)14(22)18-12-5-4-10(19-20-12)15(23)16-3/h4-8H,1-3H3,(H,16,23)(H,17,21)(H,18,20,22). The molecule has 120 valence electrons. The first-order valence-electron chi connectivity index (χ1n) is 7.02. The van der Waals surface area contributed by atoms with Gasteiger partial charge in [-0.15, -0.1) is 10.2 Å². The summed E-state index contributed by atoms with van der Waals surface area (Å²) in [5.74, 6) is -0.567. The van der Waals surface area contributed by atoms with Crippen LogP contribution in [0.15, 0.2) is 29.1 Å². The number of nitrogens with zero attached hydrogens (tertiary/aromatic N) is 2. The lowest BCUT2D eigenvalue weighted by Gasteiger charge is -2.08. The highest BCUT2D eigenvalue weighted by Crippen LogP contribution is 2.12. The van der Waals surface area contributed by atoms with E-state index >= 15 is 0 Å². The smallest absolute Gasteiger partial charge is 0.271 e. The second-order valence-corrected chi connectivity index (χ2v) is 5.18. The highest BCUT2D eigenvalue weighted by molar-refractivity contribution is 6.03. The van der Waals surface area contributed by atoms with Crippen LogP contribution in [0.25, 0.3) is 0 Å². The molecule has 2 heterocycles. The Balaban J connectivity index is 2.19. The predicted molar refractivity (Wildman–Crippen MR) is 84.5 cm³/mol. The van der Waals surface area contributed by atoms with Gasteiger partial charge in [-0.05, 0) is 24.1 Å². The number of carbonyl (C=O) groups is 2. The second kappa shape index (κ2) is 6.82. The molecule has 0 aliphatic rings. The molecule has 0 aliphatic heterocycles. The van der Waals surface area contributed by atoms with Gasteiger partial charge in [-0.2, -0.15) is 0 Å². The van der Waals surface area contributed by atoms with Crippen LogP contribution in [-0.4, -0.2) is 34.0 Å². The van der Waals surface area contributed by atoms with Gasteiger partial charge in [-0.1, -0.05) is 13.8 Å². The van der Waals surface area contributed by atoms with E-state index in [1.54, 1.807) is 6.07 Å². The van der Waals surface area contributed by atoms with Crippen molar-refractivity contribution in [2.24, 2.45) is 0 Å². The van der Waals surface area contributed by atoms with Crippen LogP contribution in [0, 0.1) is 0 Å². The summed E-state index contributed by atoms with van der Waals surface area (Å²) < 4.78 is 0. The molecule has 3 N–H and O–H groups in total. The largest absolute Gasteiger partial charge is 0.354 e. The zero-order chi connectivity index (χ0) is 17.0. The molecule has 23 heavy (non-hydrogen) atoms. The first-order chi connectivity index (χ1) is 10.9. The van der Waals surface area contributed by atoms with Crippen molar-refractivity contribution in [3.05, 3.63) is 51.6 Å². The highest BCUT2D eigenvalue weighted by Gasteiger charge is 2.12. The van der Waals surface area contributed by atoms with Gasteiger partial charge in [-0.25, -0.2) is 0 Å². The summed E-state index contributed by atoms with van der Waals surface area (Å²) in [6.07, 6.45) is 0. The minimum Gasteiger partial charge on any atom is -0.354 e. The Kier molecular flexibility index (Phi) is 4.85. The number of H-pyrrole nitrogens is 1.